The lowest BCUT2D eigenvalue weighted by Gasteiger charge is -2.08. The average Bonchev–Trinajstić information content (AvgIpc) is 2.39. The SMILES string of the molecule is Cc1ccc2c(c1)C(=O)CC=C(C(=O)O)N2. The number of nitrogens with one attached hydrogen (secondary N) is 1. The molecule has 2 N–H and O–H groups in total. The van der Waals surface area contributed by atoms with Gasteiger partial charge in [-0.1, -0.05) is 11.6 Å². The van der Waals surface area contributed by atoms with E-state index < -0.39 is 5.97 Å². The molecule has 0 fully saturated rings. The zero-order valence-electron chi connectivity index (χ0n) is 8.78. The van der Waals surface area contributed by atoms with Crippen LogP contribution in [0.15, 0.2) is 30.0 Å². The standard InChI is InChI=1S/C12H11NO3/c1-7-2-3-9-8(6-7)11(14)5-4-10(13-9)12(15)16/h2-4,6,13H,5H2,1H3,(H,15,16). The van der Waals surface area contributed by atoms with Crippen molar-refractivity contribution in [3.8, 4) is 0 Å². The van der Waals surface area contributed by atoms with Crippen LogP contribution in [0, 0.1) is 6.92 Å². The van der Waals surface area contributed by atoms with Crippen molar-refractivity contribution in [2.45, 2.75) is 13.3 Å². The summed E-state index contributed by atoms with van der Waals surface area (Å²) in [5.41, 5.74) is 2.14. The predicted octanol–water partition coefficient (Wildman–Crippen LogP) is 1.96. The van der Waals surface area contributed by atoms with Crippen LogP contribution in [0.25, 0.3) is 0 Å². The van der Waals surface area contributed by atoms with Crippen molar-refractivity contribution >= 4 is 17.4 Å². The van der Waals surface area contributed by atoms with Crippen molar-refractivity contribution in [2.75, 3.05) is 5.32 Å². The second-order valence-electron chi connectivity index (χ2n) is 3.72. The maximum atomic E-state index is 11.7. The number of ketones is 1. The fraction of sp³-hybridized carbons (Fsp3) is 0.167. The molecule has 0 unspecified atom stereocenters. The number of carbonyl (C=O) groups excluding carboxylic acids is 1. The Bertz CT molecular complexity index is 503. The normalized spacial score (nSPS) is 14.6. The molecule has 2 rings (SSSR count). The molecule has 82 valence electrons. The molecule has 0 saturated heterocycles. The van der Waals surface area contributed by atoms with Crippen molar-refractivity contribution in [1.29, 1.82) is 0 Å². The maximum absolute atomic E-state index is 11.7. The van der Waals surface area contributed by atoms with Crippen molar-refractivity contribution in [3.05, 3.63) is 41.1 Å². The van der Waals surface area contributed by atoms with Gasteiger partial charge in [-0.2, -0.15) is 0 Å². The van der Waals surface area contributed by atoms with Crippen molar-refractivity contribution in [1.82, 2.24) is 0 Å². The van der Waals surface area contributed by atoms with Gasteiger partial charge in [0.2, 0.25) is 0 Å². The van der Waals surface area contributed by atoms with Crippen LogP contribution in [0.2, 0.25) is 0 Å². The first-order valence-electron chi connectivity index (χ1n) is 4.92. The number of hydrogen-bond donors (Lipinski definition) is 2. The van der Waals surface area contributed by atoms with Crippen molar-refractivity contribution in [2.24, 2.45) is 0 Å². The predicted molar refractivity (Wildman–Crippen MR) is 59.5 cm³/mol. The molecular weight excluding hydrogens is 206 g/mol. The Kier molecular flexibility index (Phi) is 2.48. The van der Waals surface area contributed by atoms with Gasteiger partial charge in [0.25, 0.3) is 0 Å². The Morgan fingerprint density at radius 1 is 1.44 bits per heavy atom. The summed E-state index contributed by atoms with van der Waals surface area (Å²) < 4.78 is 0. The highest BCUT2D eigenvalue weighted by Gasteiger charge is 2.18. The molecule has 1 aliphatic heterocycles. The summed E-state index contributed by atoms with van der Waals surface area (Å²) in [4.78, 5) is 22.6. The lowest BCUT2D eigenvalue weighted by atomic mass is 10.0. The Hall–Kier alpha value is -2.10. The first kappa shape index (κ1) is 10.4. The first-order chi connectivity index (χ1) is 7.58. The van der Waals surface area contributed by atoms with Crippen LogP contribution >= 0.6 is 0 Å². The highest BCUT2D eigenvalue weighted by atomic mass is 16.4. The number of carboxylic acid groups (broad SMARTS) is 1. The lowest BCUT2D eigenvalue weighted by Crippen LogP contribution is -2.10. The van der Waals surface area contributed by atoms with Crippen LogP contribution in [0.1, 0.15) is 22.3 Å². The number of carbonyl (C=O) groups is 2. The van der Waals surface area contributed by atoms with Crippen molar-refractivity contribution < 1.29 is 14.7 Å². The largest absolute Gasteiger partial charge is 0.477 e. The molecule has 0 amide bonds. The number of hydrogen-bond acceptors (Lipinski definition) is 3. The molecule has 1 aromatic carbocycles. The highest BCUT2D eigenvalue weighted by molar-refractivity contribution is 6.05. The van der Waals surface area contributed by atoms with E-state index in [4.69, 9.17) is 5.11 Å². The topological polar surface area (TPSA) is 66.4 Å². The number of benzene rings is 1. The Balaban J connectivity index is 2.49. The average molecular weight is 217 g/mol. The van der Waals surface area contributed by atoms with Crippen LogP contribution in [0.4, 0.5) is 5.69 Å². The van der Waals surface area contributed by atoms with Gasteiger partial charge in [0.15, 0.2) is 5.78 Å². The summed E-state index contributed by atoms with van der Waals surface area (Å²) in [6, 6.07) is 5.33. The minimum absolute atomic E-state index is 0.0518. The molecule has 0 saturated carbocycles. The molecule has 16 heavy (non-hydrogen) atoms. The zero-order chi connectivity index (χ0) is 11.7. The molecule has 4 nitrogen and oxygen atoms in total. The molecule has 0 spiro atoms. The number of aryl methyl sites for hydroxylation is 1. The number of Topliss-reactive ketones (excluding diaryl/α,β-unsaturated/α-hetero) is 1. The number of carboxylic acids is 1. The summed E-state index contributed by atoms with van der Waals surface area (Å²) >= 11 is 0. The van der Waals surface area contributed by atoms with E-state index in [1.54, 1.807) is 12.1 Å². The first-order valence-corrected chi connectivity index (χ1v) is 4.92. The van der Waals surface area contributed by atoms with Gasteiger partial charge in [0, 0.05) is 17.7 Å². The van der Waals surface area contributed by atoms with E-state index in [0.29, 0.717) is 11.3 Å². The van der Waals surface area contributed by atoms with Crippen LogP contribution in [-0.4, -0.2) is 16.9 Å². The summed E-state index contributed by atoms with van der Waals surface area (Å²) in [7, 11) is 0. The maximum Gasteiger partial charge on any atom is 0.351 e. The molecule has 1 heterocycles. The second-order valence-corrected chi connectivity index (χ2v) is 3.72. The molecule has 0 aromatic heterocycles. The summed E-state index contributed by atoms with van der Waals surface area (Å²) in [5, 5.41) is 11.6. The fourth-order valence-corrected chi connectivity index (χ4v) is 1.64. The van der Waals surface area contributed by atoms with E-state index in [0.717, 1.165) is 5.56 Å². The molecule has 0 atom stereocenters. The van der Waals surface area contributed by atoms with Gasteiger partial charge in [-0.3, -0.25) is 4.79 Å². The van der Waals surface area contributed by atoms with Gasteiger partial charge >= 0.3 is 5.97 Å². The third kappa shape index (κ3) is 1.82. The van der Waals surface area contributed by atoms with E-state index in [9.17, 15) is 9.59 Å². The van der Waals surface area contributed by atoms with Gasteiger partial charge in [-0.05, 0) is 25.1 Å². The van der Waals surface area contributed by atoms with E-state index >= 15 is 0 Å². The van der Waals surface area contributed by atoms with E-state index in [2.05, 4.69) is 5.32 Å². The van der Waals surface area contributed by atoms with Crippen LogP contribution < -0.4 is 5.32 Å². The van der Waals surface area contributed by atoms with Crippen LogP contribution in [0.3, 0.4) is 0 Å². The molecule has 1 aromatic rings. The smallest absolute Gasteiger partial charge is 0.351 e. The minimum atomic E-state index is -1.05. The second kappa shape index (κ2) is 3.81. The molecule has 0 bridgehead atoms. The van der Waals surface area contributed by atoms with Crippen LogP contribution in [0.5, 0.6) is 0 Å². The number of rotatable bonds is 1. The monoisotopic (exact) mass is 217 g/mol. The Labute approximate surface area is 92.6 Å². The van der Waals surface area contributed by atoms with E-state index in [-0.39, 0.29) is 17.9 Å². The molecular formula is C12H11NO3. The molecule has 0 radical (unpaired) electrons. The van der Waals surface area contributed by atoms with Gasteiger partial charge in [0.1, 0.15) is 5.70 Å². The molecule has 1 aliphatic rings. The van der Waals surface area contributed by atoms with Crippen LogP contribution in [-0.2, 0) is 4.79 Å². The quantitative estimate of drug-likeness (QED) is 0.754. The van der Waals surface area contributed by atoms with E-state index in [1.165, 1.54) is 6.08 Å². The number of allylic oxidation sites excluding steroid dienone is 1. The number of anilines is 1. The molecule has 4 heteroatoms. The third-order valence-electron chi connectivity index (χ3n) is 2.47. The van der Waals surface area contributed by atoms with E-state index in [1.807, 2.05) is 13.0 Å². The Morgan fingerprint density at radius 3 is 2.88 bits per heavy atom. The Morgan fingerprint density at radius 2 is 2.19 bits per heavy atom. The number of fused-ring (bicyclic) bond motifs is 1. The van der Waals surface area contributed by atoms with Gasteiger partial charge < -0.3 is 10.4 Å². The minimum Gasteiger partial charge on any atom is -0.477 e. The lowest BCUT2D eigenvalue weighted by molar-refractivity contribution is -0.132. The highest BCUT2D eigenvalue weighted by Crippen LogP contribution is 2.24. The third-order valence-corrected chi connectivity index (χ3v) is 2.47. The van der Waals surface area contributed by atoms with Gasteiger partial charge in [-0.25, -0.2) is 4.79 Å². The van der Waals surface area contributed by atoms with Gasteiger partial charge in [0.05, 0.1) is 0 Å². The summed E-state index contributed by atoms with van der Waals surface area (Å²) in [5.74, 6) is -1.12. The van der Waals surface area contributed by atoms with Crippen molar-refractivity contribution in [3.63, 3.8) is 0 Å². The zero-order valence-corrected chi connectivity index (χ0v) is 8.78. The summed E-state index contributed by atoms with van der Waals surface area (Å²) in [6.07, 6.45) is 1.52. The van der Waals surface area contributed by atoms with Gasteiger partial charge in [-0.15, -0.1) is 0 Å². The summed E-state index contributed by atoms with van der Waals surface area (Å²) in [6.45, 7) is 1.89. The fourth-order valence-electron chi connectivity index (χ4n) is 1.64. The number of aliphatic carboxylic acids is 1. The molecule has 0 aliphatic carbocycles.